The van der Waals surface area contributed by atoms with Crippen molar-refractivity contribution in [2.45, 2.75) is 64.0 Å². The van der Waals surface area contributed by atoms with Crippen LogP contribution in [0.15, 0.2) is 29.8 Å². The van der Waals surface area contributed by atoms with E-state index in [9.17, 15) is 14.4 Å². The van der Waals surface area contributed by atoms with Gasteiger partial charge in [0.2, 0.25) is 5.91 Å². The summed E-state index contributed by atoms with van der Waals surface area (Å²) < 4.78 is 0. The lowest BCUT2D eigenvalue weighted by Crippen LogP contribution is -2.46. The number of hydrogen-bond donors (Lipinski definition) is 1. The molecule has 3 aliphatic rings. The molecular weight excluding hydrogens is 436 g/mol. The fourth-order valence-electron chi connectivity index (χ4n) is 5.43. The molecule has 7 nitrogen and oxygen atoms in total. The summed E-state index contributed by atoms with van der Waals surface area (Å²) in [4.78, 5) is 47.4. The molecule has 33 heavy (non-hydrogen) atoms. The van der Waals surface area contributed by atoms with E-state index >= 15 is 0 Å². The van der Waals surface area contributed by atoms with Crippen LogP contribution in [0, 0.1) is 5.92 Å². The van der Waals surface area contributed by atoms with Crippen LogP contribution in [0.3, 0.4) is 0 Å². The molecule has 1 N–H and O–H groups in total. The lowest BCUT2D eigenvalue weighted by Gasteiger charge is -2.35. The number of imide groups is 1. The Morgan fingerprint density at radius 3 is 2.70 bits per heavy atom. The molecule has 2 fully saturated rings. The number of piperidine rings is 1. The number of nitrogens with one attached hydrogen (secondary N) is 1. The van der Waals surface area contributed by atoms with Gasteiger partial charge in [0.15, 0.2) is 0 Å². The number of rotatable bonds is 5. The zero-order chi connectivity index (χ0) is 22.9. The van der Waals surface area contributed by atoms with Gasteiger partial charge in [0.05, 0.1) is 28.8 Å². The molecule has 0 spiro atoms. The van der Waals surface area contributed by atoms with E-state index < -0.39 is 6.04 Å². The zero-order valence-electron chi connectivity index (χ0n) is 19.0. The molecule has 3 heterocycles. The van der Waals surface area contributed by atoms with Crippen molar-refractivity contribution in [3.05, 3.63) is 45.9 Å². The number of hydrogen-bond acceptors (Lipinski definition) is 6. The molecule has 5 rings (SSSR count). The van der Waals surface area contributed by atoms with E-state index in [1.54, 1.807) is 12.3 Å². The van der Waals surface area contributed by atoms with Crippen molar-refractivity contribution in [3.63, 3.8) is 0 Å². The number of anilines is 1. The van der Waals surface area contributed by atoms with Gasteiger partial charge in [-0.05, 0) is 44.7 Å². The summed E-state index contributed by atoms with van der Waals surface area (Å²) in [5.74, 6) is -0.528. The van der Waals surface area contributed by atoms with Gasteiger partial charge in [-0.1, -0.05) is 25.3 Å². The molecule has 3 amide bonds. The van der Waals surface area contributed by atoms with Crippen LogP contribution in [0.4, 0.5) is 5.69 Å². The molecule has 1 aliphatic carbocycles. The minimum Gasteiger partial charge on any atom is -0.370 e. The SMILES string of the molecule is C[C@H](c1nccs1)N1C(=O)c2cccc(N3CCC[C@@H](C(=O)NC4CCCCC4)C3)c2C1=O. The summed E-state index contributed by atoms with van der Waals surface area (Å²) >= 11 is 1.44. The normalized spacial score (nSPS) is 22.4. The van der Waals surface area contributed by atoms with E-state index in [0.717, 1.165) is 42.9 Å². The molecular formula is C25H30N4O3S. The number of carbonyl (C=O) groups is 3. The van der Waals surface area contributed by atoms with Crippen LogP contribution >= 0.6 is 11.3 Å². The van der Waals surface area contributed by atoms with Crippen LogP contribution in [-0.4, -0.2) is 46.7 Å². The highest BCUT2D eigenvalue weighted by Gasteiger charge is 2.42. The van der Waals surface area contributed by atoms with E-state index in [-0.39, 0.29) is 23.6 Å². The van der Waals surface area contributed by atoms with Gasteiger partial charge in [0, 0.05) is 30.7 Å². The quantitative estimate of drug-likeness (QED) is 0.669. The topological polar surface area (TPSA) is 82.6 Å². The molecule has 1 saturated carbocycles. The summed E-state index contributed by atoms with van der Waals surface area (Å²) in [5.41, 5.74) is 1.66. The summed E-state index contributed by atoms with van der Waals surface area (Å²) in [6.07, 6.45) is 9.18. The fraction of sp³-hybridized carbons (Fsp3) is 0.520. The average Bonchev–Trinajstić information content (AvgIpc) is 3.47. The Morgan fingerprint density at radius 2 is 1.94 bits per heavy atom. The van der Waals surface area contributed by atoms with Crippen LogP contribution < -0.4 is 10.2 Å². The smallest absolute Gasteiger partial charge is 0.264 e. The Bertz CT molecular complexity index is 1050. The highest BCUT2D eigenvalue weighted by atomic mass is 32.1. The first-order chi connectivity index (χ1) is 16.0. The molecule has 1 aromatic carbocycles. The van der Waals surface area contributed by atoms with Crippen LogP contribution in [-0.2, 0) is 4.79 Å². The second-order valence-electron chi connectivity index (χ2n) is 9.36. The van der Waals surface area contributed by atoms with Crippen LogP contribution in [0.2, 0.25) is 0 Å². The van der Waals surface area contributed by atoms with Crippen molar-refractivity contribution < 1.29 is 14.4 Å². The van der Waals surface area contributed by atoms with Crippen molar-refractivity contribution in [1.29, 1.82) is 0 Å². The van der Waals surface area contributed by atoms with E-state index in [4.69, 9.17) is 0 Å². The Kier molecular flexibility index (Phi) is 6.19. The maximum Gasteiger partial charge on any atom is 0.264 e. The number of fused-ring (bicyclic) bond motifs is 1. The summed E-state index contributed by atoms with van der Waals surface area (Å²) in [5, 5.41) is 5.85. The molecule has 8 heteroatoms. The molecule has 1 aromatic heterocycles. The zero-order valence-corrected chi connectivity index (χ0v) is 19.8. The van der Waals surface area contributed by atoms with Gasteiger partial charge in [0.25, 0.3) is 11.8 Å². The predicted octanol–water partition coefficient (Wildman–Crippen LogP) is 4.17. The van der Waals surface area contributed by atoms with E-state index in [1.165, 1.54) is 35.5 Å². The van der Waals surface area contributed by atoms with E-state index in [2.05, 4.69) is 15.2 Å². The van der Waals surface area contributed by atoms with Gasteiger partial charge in [0.1, 0.15) is 5.01 Å². The van der Waals surface area contributed by atoms with Crippen molar-refractivity contribution >= 4 is 34.7 Å². The molecule has 2 aliphatic heterocycles. The van der Waals surface area contributed by atoms with Crippen molar-refractivity contribution in [1.82, 2.24) is 15.2 Å². The number of benzene rings is 1. The largest absolute Gasteiger partial charge is 0.370 e. The van der Waals surface area contributed by atoms with Gasteiger partial charge in [-0.3, -0.25) is 19.3 Å². The number of nitrogens with zero attached hydrogens (tertiary/aromatic N) is 3. The molecule has 174 valence electrons. The third-order valence-electron chi connectivity index (χ3n) is 7.20. The summed E-state index contributed by atoms with van der Waals surface area (Å²) in [6.45, 7) is 3.18. The highest BCUT2D eigenvalue weighted by molar-refractivity contribution is 7.09. The van der Waals surface area contributed by atoms with Crippen molar-refractivity contribution in [2.24, 2.45) is 5.92 Å². The Balaban J connectivity index is 1.35. The van der Waals surface area contributed by atoms with E-state index in [1.807, 2.05) is 24.4 Å². The maximum absolute atomic E-state index is 13.5. The Morgan fingerprint density at radius 1 is 1.12 bits per heavy atom. The first-order valence-corrected chi connectivity index (χ1v) is 12.9. The second kappa shape index (κ2) is 9.25. The van der Waals surface area contributed by atoms with Crippen molar-refractivity contribution in [2.75, 3.05) is 18.0 Å². The minimum absolute atomic E-state index is 0.103. The van der Waals surface area contributed by atoms with Gasteiger partial charge in [-0.15, -0.1) is 11.3 Å². The predicted molar refractivity (Wildman–Crippen MR) is 127 cm³/mol. The van der Waals surface area contributed by atoms with Gasteiger partial charge >= 0.3 is 0 Å². The third-order valence-corrected chi connectivity index (χ3v) is 8.15. The van der Waals surface area contributed by atoms with Gasteiger partial charge in [-0.25, -0.2) is 4.98 Å². The molecule has 2 atom stereocenters. The first kappa shape index (κ1) is 22.1. The van der Waals surface area contributed by atoms with Crippen LogP contribution in [0.5, 0.6) is 0 Å². The van der Waals surface area contributed by atoms with Gasteiger partial charge in [-0.2, -0.15) is 0 Å². The molecule has 0 bridgehead atoms. The minimum atomic E-state index is -0.416. The third kappa shape index (κ3) is 4.16. The van der Waals surface area contributed by atoms with Crippen molar-refractivity contribution in [3.8, 4) is 0 Å². The lowest BCUT2D eigenvalue weighted by atomic mass is 9.92. The summed E-state index contributed by atoms with van der Waals surface area (Å²) in [6, 6.07) is 5.35. The fourth-order valence-corrected chi connectivity index (χ4v) is 6.11. The Labute approximate surface area is 198 Å². The van der Waals surface area contributed by atoms with E-state index in [0.29, 0.717) is 23.7 Å². The first-order valence-electron chi connectivity index (χ1n) is 12.0. The number of aromatic nitrogens is 1. The van der Waals surface area contributed by atoms with Gasteiger partial charge < -0.3 is 10.2 Å². The monoisotopic (exact) mass is 466 g/mol. The standard InChI is InChI=1S/C25H30N4O3S/c1-16(23-26-12-14-33-23)29-24(31)19-10-5-11-20(21(19)25(29)32)28-13-6-7-17(15-28)22(30)27-18-8-3-2-4-9-18/h5,10-12,14,16-18H,2-4,6-9,13,15H2,1H3,(H,27,30)/t16-,17-/m1/s1. The molecule has 1 saturated heterocycles. The van der Waals surface area contributed by atoms with Crippen LogP contribution in [0.25, 0.3) is 0 Å². The van der Waals surface area contributed by atoms with Crippen LogP contribution in [0.1, 0.15) is 83.6 Å². The molecule has 0 unspecified atom stereocenters. The lowest BCUT2D eigenvalue weighted by molar-refractivity contribution is -0.126. The number of thiazole rings is 1. The highest BCUT2D eigenvalue weighted by Crippen LogP contribution is 2.38. The molecule has 0 radical (unpaired) electrons. The number of amides is 3. The Hall–Kier alpha value is -2.74. The maximum atomic E-state index is 13.5. The summed E-state index contributed by atoms with van der Waals surface area (Å²) in [7, 11) is 0. The number of carbonyl (C=O) groups excluding carboxylic acids is 3. The average molecular weight is 467 g/mol. The second-order valence-corrected chi connectivity index (χ2v) is 10.3. The molecule has 2 aromatic rings.